The van der Waals surface area contributed by atoms with Crippen molar-refractivity contribution in [3.63, 3.8) is 0 Å². The van der Waals surface area contributed by atoms with Gasteiger partial charge in [0.1, 0.15) is 12.4 Å². The Morgan fingerprint density at radius 3 is 2.67 bits per heavy atom. The van der Waals surface area contributed by atoms with Gasteiger partial charge in [0.15, 0.2) is 0 Å². The van der Waals surface area contributed by atoms with E-state index >= 15 is 0 Å². The summed E-state index contributed by atoms with van der Waals surface area (Å²) in [5.74, 6) is -2.06. The number of carbonyl (C=O) groups excluding carboxylic acids is 1. The van der Waals surface area contributed by atoms with Gasteiger partial charge < -0.3 is 15.7 Å². The lowest BCUT2D eigenvalue weighted by Gasteiger charge is -2.07. The second-order valence-electron chi connectivity index (χ2n) is 3.47. The molecule has 0 saturated heterocycles. The highest BCUT2D eigenvalue weighted by Gasteiger charge is 2.08. The minimum Gasteiger partial charge on any atom is -0.480 e. The SMILES string of the molecule is O=C(O)CNC(=O)CNCc1c(F)cccc1Cl. The largest absolute Gasteiger partial charge is 0.480 e. The molecule has 1 aromatic carbocycles. The number of carbonyl (C=O) groups is 2. The van der Waals surface area contributed by atoms with E-state index in [2.05, 4.69) is 10.6 Å². The average Bonchev–Trinajstić information content (AvgIpc) is 2.30. The Hall–Kier alpha value is -1.66. The van der Waals surface area contributed by atoms with Crippen LogP contribution < -0.4 is 10.6 Å². The molecule has 1 aromatic rings. The van der Waals surface area contributed by atoms with Crippen molar-refractivity contribution in [1.82, 2.24) is 10.6 Å². The van der Waals surface area contributed by atoms with E-state index in [1.165, 1.54) is 12.1 Å². The van der Waals surface area contributed by atoms with Gasteiger partial charge in [0.25, 0.3) is 0 Å². The molecule has 98 valence electrons. The highest BCUT2D eigenvalue weighted by atomic mass is 35.5. The van der Waals surface area contributed by atoms with Crippen molar-refractivity contribution in [3.05, 3.63) is 34.6 Å². The molecule has 3 N–H and O–H groups in total. The second kappa shape index (κ2) is 6.93. The van der Waals surface area contributed by atoms with E-state index in [0.717, 1.165) is 0 Å². The fraction of sp³-hybridized carbons (Fsp3) is 0.273. The van der Waals surface area contributed by atoms with Crippen LogP contribution in [0.15, 0.2) is 18.2 Å². The molecule has 0 heterocycles. The van der Waals surface area contributed by atoms with Crippen molar-refractivity contribution in [3.8, 4) is 0 Å². The zero-order valence-corrected chi connectivity index (χ0v) is 10.1. The molecule has 0 spiro atoms. The molecule has 0 aliphatic heterocycles. The lowest BCUT2D eigenvalue weighted by molar-refractivity contribution is -0.137. The Balaban J connectivity index is 2.38. The van der Waals surface area contributed by atoms with Crippen molar-refractivity contribution in [1.29, 1.82) is 0 Å². The minimum absolute atomic E-state index is 0.0893. The number of benzene rings is 1. The van der Waals surface area contributed by atoms with Crippen LogP contribution in [0, 0.1) is 5.82 Å². The monoisotopic (exact) mass is 274 g/mol. The summed E-state index contributed by atoms with van der Waals surface area (Å²) in [4.78, 5) is 21.3. The number of aliphatic carboxylic acids is 1. The van der Waals surface area contributed by atoms with E-state index in [-0.39, 0.29) is 23.7 Å². The predicted molar refractivity (Wildman–Crippen MR) is 63.8 cm³/mol. The fourth-order valence-electron chi connectivity index (χ4n) is 1.24. The van der Waals surface area contributed by atoms with Gasteiger partial charge >= 0.3 is 5.97 Å². The first kappa shape index (κ1) is 14.4. The van der Waals surface area contributed by atoms with E-state index in [1.54, 1.807) is 6.07 Å². The van der Waals surface area contributed by atoms with Crippen LogP contribution in [0.25, 0.3) is 0 Å². The third-order valence-electron chi connectivity index (χ3n) is 2.09. The van der Waals surface area contributed by atoms with Gasteiger partial charge in [-0.1, -0.05) is 17.7 Å². The van der Waals surface area contributed by atoms with Crippen LogP contribution in [0.4, 0.5) is 4.39 Å². The van der Waals surface area contributed by atoms with Crippen LogP contribution in [0.1, 0.15) is 5.56 Å². The molecule has 0 unspecified atom stereocenters. The summed E-state index contributed by atoms with van der Waals surface area (Å²) >= 11 is 5.79. The first-order chi connectivity index (χ1) is 8.50. The Kier molecular flexibility index (Phi) is 5.54. The van der Waals surface area contributed by atoms with Gasteiger partial charge in [0.2, 0.25) is 5.91 Å². The van der Waals surface area contributed by atoms with Gasteiger partial charge in [0.05, 0.1) is 6.54 Å². The molecule has 0 bridgehead atoms. The van der Waals surface area contributed by atoms with Crippen molar-refractivity contribution in [2.75, 3.05) is 13.1 Å². The zero-order chi connectivity index (χ0) is 13.5. The molecule has 0 atom stereocenters. The maximum absolute atomic E-state index is 13.3. The Labute approximate surface area is 108 Å². The number of rotatable bonds is 6. The van der Waals surface area contributed by atoms with E-state index in [0.29, 0.717) is 0 Å². The molecule has 0 aliphatic rings. The molecular weight excluding hydrogens is 263 g/mol. The lowest BCUT2D eigenvalue weighted by atomic mass is 10.2. The highest BCUT2D eigenvalue weighted by Crippen LogP contribution is 2.18. The summed E-state index contributed by atoms with van der Waals surface area (Å²) in [6, 6.07) is 4.31. The molecule has 1 rings (SSSR count). The summed E-state index contributed by atoms with van der Waals surface area (Å²) in [7, 11) is 0. The molecule has 18 heavy (non-hydrogen) atoms. The van der Waals surface area contributed by atoms with Gasteiger partial charge in [-0.15, -0.1) is 0 Å². The molecule has 0 aliphatic carbocycles. The van der Waals surface area contributed by atoms with Gasteiger partial charge in [-0.25, -0.2) is 4.39 Å². The molecule has 0 aromatic heterocycles. The lowest BCUT2D eigenvalue weighted by Crippen LogP contribution is -2.36. The summed E-state index contributed by atoms with van der Waals surface area (Å²) < 4.78 is 13.3. The Morgan fingerprint density at radius 2 is 2.06 bits per heavy atom. The van der Waals surface area contributed by atoms with Crippen LogP contribution in [0.2, 0.25) is 5.02 Å². The normalized spacial score (nSPS) is 10.1. The summed E-state index contributed by atoms with van der Waals surface area (Å²) in [6.45, 7) is -0.467. The van der Waals surface area contributed by atoms with E-state index in [9.17, 15) is 14.0 Å². The van der Waals surface area contributed by atoms with Crippen LogP contribution in [0.3, 0.4) is 0 Å². The van der Waals surface area contributed by atoms with E-state index in [4.69, 9.17) is 16.7 Å². The third kappa shape index (κ3) is 4.68. The van der Waals surface area contributed by atoms with Crippen molar-refractivity contribution < 1.29 is 19.1 Å². The molecule has 5 nitrogen and oxygen atoms in total. The van der Waals surface area contributed by atoms with Crippen LogP contribution >= 0.6 is 11.6 Å². The molecule has 7 heteroatoms. The number of halogens is 2. The van der Waals surface area contributed by atoms with Gasteiger partial charge in [-0.3, -0.25) is 9.59 Å². The number of carboxylic acids is 1. The third-order valence-corrected chi connectivity index (χ3v) is 2.44. The zero-order valence-electron chi connectivity index (χ0n) is 9.37. The number of amides is 1. The van der Waals surface area contributed by atoms with Crippen LogP contribution in [-0.4, -0.2) is 30.1 Å². The standard InChI is InChI=1S/C11H12ClFN2O3/c12-8-2-1-3-9(13)7(8)4-14-5-10(16)15-6-11(17)18/h1-3,14H,4-6H2,(H,15,16)(H,17,18). The predicted octanol–water partition coefficient (Wildman–Crippen LogP) is 0.769. The number of carboxylic acid groups (broad SMARTS) is 1. The van der Waals surface area contributed by atoms with Gasteiger partial charge in [-0.2, -0.15) is 0 Å². The quantitative estimate of drug-likeness (QED) is 0.716. The van der Waals surface area contributed by atoms with Crippen molar-refractivity contribution in [2.24, 2.45) is 0 Å². The van der Waals surface area contributed by atoms with Crippen molar-refractivity contribution >= 4 is 23.5 Å². The second-order valence-corrected chi connectivity index (χ2v) is 3.88. The molecular formula is C11H12ClFN2O3. The smallest absolute Gasteiger partial charge is 0.322 e. The number of nitrogens with one attached hydrogen (secondary N) is 2. The molecule has 0 saturated carbocycles. The maximum atomic E-state index is 13.3. The molecule has 0 fully saturated rings. The van der Waals surface area contributed by atoms with Crippen molar-refractivity contribution in [2.45, 2.75) is 6.54 Å². The summed E-state index contributed by atoms with van der Waals surface area (Å²) in [6.07, 6.45) is 0. The first-order valence-electron chi connectivity index (χ1n) is 5.13. The average molecular weight is 275 g/mol. The van der Waals surface area contributed by atoms with E-state index in [1.807, 2.05) is 0 Å². The number of hydrogen-bond donors (Lipinski definition) is 3. The maximum Gasteiger partial charge on any atom is 0.322 e. The topological polar surface area (TPSA) is 78.4 Å². The summed E-state index contributed by atoms with van der Waals surface area (Å²) in [5, 5.41) is 13.5. The Morgan fingerprint density at radius 1 is 1.33 bits per heavy atom. The molecule has 1 amide bonds. The first-order valence-corrected chi connectivity index (χ1v) is 5.50. The van der Waals surface area contributed by atoms with Gasteiger partial charge in [0, 0.05) is 17.1 Å². The summed E-state index contributed by atoms with van der Waals surface area (Å²) in [5.41, 5.74) is 0.269. The van der Waals surface area contributed by atoms with Crippen LogP contribution in [-0.2, 0) is 16.1 Å². The van der Waals surface area contributed by atoms with Crippen LogP contribution in [0.5, 0.6) is 0 Å². The highest BCUT2D eigenvalue weighted by molar-refractivity contribution is 6.31. The fourth-order valence-corrected chi connectivity index (χ4v) is 1.47. The minimum atomic E-state index is -1.12. The molecule has 0 radical (unpaired) electrons. The van der Waals surface area contributed by atoms with Gasteiger partial charge in [-0.05, 0) is 12.1 Å². The van der Waals surface area contributed by atoms with E-state index < -0.39 is 24.2 Å². The number of hydrogen-bond acceptors (Lipinski definition) is 3. The Bertz CT molecular complexity index is 434.